The van der Waals surface area contributed by atoms with Crippen molar-refractivity contribution in [2.75, 3.05) is 14.2 Å². The fourth-order valence-corrected chi connectivity index (χ4v) is 7.50. The van der Waals surface area contributed by atoms with E-state index in [0.29, 0.717) is 17.6 Å². The van der Waals surface area contributed by atoms with E-state index in [9.17, 15) is 4.79 Å². The fourth-order valence-electron chi connectivity index (χ4n) is 7.50. The highest BCUT2D eigenvalue weighted by Crippen LogP contribution is 2.79. The molecule has 3 heteroatoms. The van der Waals surface area contributed by atoms with Crippen LogP contribution in [0.5, 0.6) is 0 Å². The van der Waals surface area contributed by atoms with Crippen LogP contribution in [0, 0.1) is 34.0 Å². The van der Waals surface area contributed by atoms with Crippen LogP contribution >= 0.6 is 0 Å². The molecule has 24 heavy (non-hydrogen) atoms. The Hall–Kier alpha value is -0.410. The molecular weight excluding hydrogens is 300 g/mol. The number of carbonyl (C=O) groups excluding carboxylic acids is 1. The summed E-state index contributed by atoms with van der Waals surface area (Å²) in [6.45, 7) is 11.2. The average Bonchev–Trinajstić information content (AvgIpc) is 2.66. The largest absolute Gasteiger partial charge is 0.352 e. The molecule has 0 aromatic carbocycles. The van der Waals surface area contributed by atoms with Gasteiger partial charge in [-0.15, -0.1) is 0 Å². The van der Waals surface area contributed by atoms with Crippen LogP contribution in [0.15, 0.2) is 0 Å². The average molecular weight is 337 g/mol. The first kappa shape index (κ1) is 18.4. The van der Waals surface area contributed by atoms with Crippen LogP contribution in [0.1, 0.15) is 73.1 Å². The number of hydrogen-bond acceptors (Lipinski definition) is 3. The Morgan fingerprint density at radius 3 is 2.29 bits per heavy atom. The molecule has 2 bridgehead atoms. The topological polar surface area (TPSA) is 35.5 Å². The Balaban J connectivity index is 2.01. The number of methoxy groups -OCH3 is 2. The lowest BCUT2D eigenvalue weighted by molar-refractivity contribution is -0.299. The number of fused-ring (bicyclic) bond motifs is 1. The molecular formula is C21H36O3. The van der Waals surface area contributed by atoms with Crippen molar-refractivity contribution in [2.24, 2.45) is 34.0 Å². The van der Waals surface area contributed by atoms with Crippen molar-refractivity contribution in [3.63, 3.8) is 0 Å². The third kappa shape index (κ3) is 2.00. The number of carbonyl (C=O) groups is 1. The first-order valence-corrected chi connectivity index (χ1v) is 9.79. The van der Waals surface area contributed by atoms with Gasteiger partial charge in [-0.2, -0.15) is 0 Å². The van der Waals surface area contributed by atoms with Crippen LogP contribution in [0.3, 0.4) is 0 Å². The summed E-state index contributed by atoms with van der Waals surface area (Å²) in [4.78, 5) is 13.4. The van der Waals surface area contributed by atoms with Gasteiger partial charge in [0.05, 0.1) is 0 Å². The first-order valence-electron chi connectivity index (χ1n) is 9.79. The van der Waals surface area contributed by atoms with Gasteiger partial charge in [0.2, 0.25) is 0 Å². The molecule has 3 aliphatic carbocycles. The maximum absolute atomic E-state index is 13.4. The maximum Gasteiger partial charge on any atom is 0.176 e. The number of hydrogen-bond donors (Lipinski definition) is 0. The Bertz CT molecular complexity index is 525. The SMILES string of the molecule is CCCC(C)C(=O)C1(C)C[C@@]23C[C@@](C)(C1)C(OC)(OC)C2CC3C. The summed E-state index contributed by atoms with van der Waals surface area (Å²) in [5, 5.41) is 0. The minimum Gasteiger partial charge on any atom is -0.352 e. The van der Waals surface area contributed by atoms with Crippen LogP contribution in [0.2, 0.25) is 0 Å². The smallest absolute Gasteiger partial charge is 0.176 e. The van der Waals surface area contributed by atoms with Gasteiger partial charge in [0.25, 0.3) is 0 Å². The van der Waals surface area contributed by atoms with E-state index in [4.69, 9.17) is 9.47 Å². The predicted octanol–water partition coefficient (Wildman–Crippen LogP) is 4.83. The highest BCUT2D eigenvalue weighted by atomic mass is 16.7. The van der Waals surface area contributed by atoms with Crippen molar-refractivity contribution in [2.45, 2.75) is 78.9 Å². The van der Waals surface area contributed by atoms with Crippen molar-refractivity contribution < 1.29 is 14.3 Å². The maximum atomic E-state index is 13.4. The lowest BCUT2D eigenvalue weighted by Crippen LogP contribution is -2.55. The van der Waals surface area contributed by atoms with Gasteiger partial charge in [0, 0.05) is 36.9 Å². The monoisotopic (exact) mass is 336 g/mol. The minimum absolute atomic E-state index is 0.0828. The zero-order valence-corrected chi connectivity index (χ0v) is 16.7. The summed E-state index contributed by atoms with van der Waals surface area (Å²) in [6, 6.07) is 0. The molecule has 3 saturated carbocycles. The van der Waals surface area contributed by atoms with E-state index in [1.807, 2.05) is 0 Å². The van der Waals surface area contributed by atoms with E-state index in [2.05, 4.69) is 34.6 Å². The predicted molar refractivity (Wildman–Crippen MR) is 95.6 cm³/mol. The summed E-state index contributed by atoms with van der Waals surface area (Å²) < 4.78 is 12.2. The van der Waals surface area contributed by atoms with Crippen molar-refractivity contribution in [3.8, 4) is 0 Å². The van der Waals surface area contributed by atoms with Gasteiger partial charge in [-0.3, -0.25) is 4.79 Å². The molecule has 0 radical (unpaired) electrons. The van der Waals surface area contributed by atoms with Crippen LogP contribution in [0.25, 0.3) is 0 Å². The van der Waals surface area contributed by atoms with Crippen molar-refractivity contribution in [1.29, 1.82) is 0 Å². The van der Waals surface area contributed by atoms with Crippen LogP contribution in [-0.2, 0) is 14.3 Å². The molecule has 1 spiro atoms. The van der Waals surface area contributed by atoms with E-state index in [0.717, 1.165) is 38.5 Å². The second-order valence-corrected chi connectivity index (χ2v) is 9.70. The fraction of sp³-hybridized carbons (Fsp3) is 0.952. The zero-order valence-electron chi connectivity index (χ0n) is 16.7. The van der Waals surface area contributed by atoms with E-state index < -0.39 is 5.79 Å². The molecule has 3 rings (SSSR count). The van der Waals surface area contributed by atoms with Gasteiger partial charge >= 0.3 is 0 Å². The molecule has 3 nitrogen and oxygen atoms in total. The summed E-state index contributed by atoms with van der Waals surface area (Å²) in [5.41, 5.74) is -0.108. The molecule has 4 unspecified atom stereocenters. The quantitative estimate of drug-likeness (QED) is 0.652. The highest BCUT2D eigenvalue weighted by molar-refractivity contribution is 5.87. The van der Waals surface area contributed by atoms with E-state index >= 15 is 0 Å². The van der Waals surface area contributed by atoms with Gasteiger partial charge < -0.3 is 9.47 Å². The minimum atomic E-state index is -0.522. The summed E-state index contributed by atoms with van der Waals surface area (Å²) in [5.74, 6) is 1.19. The van der Waals surface area contributed by atoms with E-state index in [1.54, 1.807) is 14.2 Å². The Morgan fingerprint density at radius 2 is 1.79 bits per heavy atom. The van der Waals surface area contributed by atoms with Crippen molar-refractivity contribution >= 4 is 5.78 Å². The number of Topliss-reactive ketones (excluding diaryl/α,β-unsaturated/α-hetero) is 1. The standard InChI is InChI=1S/C21H36O3/c1-8-9-14(2)17(22)18(4)11-19(5)13-20(12-18)15(3)10-16(20)21(19,23-6)24-7/h14-16H,8-13H2,1-7H3/t14?,15?,16?,18?,19-,20+/m1/s1. The van der Waals surface area contributed by atoms with Gasteiger partial charge in [-0.1, -0.05) is 41.0 Å². The lowest BCUT2D eigenvalue weighted by atomic mass is 9.46. The number of rotatable bonds is 6. The van der Waals surface area contributed by atoms with Crippen LogP contribution in [0.4, 0.5) is 0 Å². The zero-order chi connectivity index (χ0) is 18.0. The van der Waals surface area contributed by atoms with Crippen LogP contribution in [-0.4, -0.2) is 25.8 Å². The van der Waals surface area contributed by atoms with Gasteiger partial charge in [-0.25, -0.2) is 0 Å². The summed E-state index contributed by atoms with van der Waals surface area (Å²) >= 11 is 0. The Kier molecular flexibility index (Phi) is 4.24. The summed E-state index contributed by atoms with van der Waals surface area (Å²) in [7, 11) is 3.59. The molecule has 0 aromatic rings. The molecule has 0 aromatic heterocycles. The van der Waals surface area contributed by atoms with Crippen molar-refractivity contribution in [1.82, 2.24) is 0 Å². The molecule has 0 aliphatic heterocycles. The normalized spacial score (nSPS) is 47.0. The van der Waals surface area contributed by atoms with Gasteiger partial charge in [0.1, 0.15) is 5.78 Å². The Labute approximate surface area is 147 Å². The molecule has 3 fully saturated rings. The third-order valence-corrected chi connectivity index (χ3v) is 8.15. The van der Waals surface area contributed by atoms with Crippen LogP contribution < -0.4 is 0 Å². The van der Waals surface area contributed by atoms with E-state index in [1.165, 1.54) is 0 Å². The molecule has 0 heterocycles. The number of ether oxygens (including phenoxy) is 2. The molecule has 3 aliphatic rings. The molecule has 138 valence electrons. The molecule has 0 saturated heterocycles. The second kappa shape index (κ2) is 5.54. The third-order valence-electron chi connectivity index (χ3n) is 8.15. The highest BCUT2D eigenvalue weighted by Gasteiger charge is 2.79. The second-order valence-electron chi connectivity index (χ2n) is 9.70. The Morgan fingerprint density at radius 1 is 1.17 bits per heavy atom. The molecule has 6 atom stereocenters. The van der Waals surface area contributed by atoms with Crippen molar-refractivity contribution in [3.05, 3.63) is 0 Å². The van der Waals surface area contributed by atoms with E-state index in [-0.39, 0.29) is 22.2 Å². The van der Waals surface area contributed by atoms with Gasteiger partial charge in [-0.05, 0) is 43.4 Å². The first-order chi connectivity index (χ1) is 11.1. The lowest BCUT2D eigenvalue weighted by Gasteiger charge is -2.57. The number of ketones is 1. The molecule has 0 N–H and O–H groups in total. The summed E-state index contributed by atoms with van der Waals surface area (Å²) in [6.07, 6.45) is 6.27. The molecule has 0 amide bonds. The van der Waals surface area contributed by atoms with Gasteiger partial charge in [0.15, 0.2) is 5.79 Å².